The minimum Gasteiger partial charge on any atom is -0.382 e. The third-order valence-electron chi connectivity index (χ3n) is 3.93. The number of benzene rings is 1. The van der Waals surface area contributed by atoms with E-state index >= 15 is 0 Å². The van der Waals surface area contributed by atoms with Crippen LogP contribution < -0.4 is 4.90 Å². The van der Waals surface area contributed by atoms with Crippen molar-refractivity contribution in [2.45, 2.75) is 25.4 Å². The minimum atomic E-state index is -4.12. The number of hydrogen-bond donors (Lipinski definition) is 1. The normalized spacial score (nSPS) is 18.3. The molecule has 0 unspecified atom stereocenters. The summed E-state index contributed by atoms with van der Waals surface area (Å²) in [5, 5.41) is 9.55. The minimum absolute atomic E-state index is 0.0840. The molecule has 3 nitrogen and oxygen atoms in total. The van der Waals surface area contributed by atoms with Crippen molar-refractivity contribution in [1.82, 2.24) is 0 Å². The van der Waals surface area contributed by atoms with Crippen LogP contribution in [0, 0.1) is 0 Å². The number of alkyl halides is 4. The summed E-state index contributed by atoms with van der Waals surface area (Å²) in [5.74, 6) is -6.61. The highest BCUT2D eigenvalue weighted by atomic mass is 19.3. The molecule has 1 atom stereocenters. The Morgan fingerprint density at radius 1 is 1.38 bits per heavy atom. The zero-order valence-electron chi connectivity index (χ0n) is 13.7. The van der Waals surface area contributed by atoms with Gasteiger partial charge in [-0.1, -0.05) is 30.9 Å². The van der Waals surface area contributed by atoms with Gasteiger partial charge in [-0.3, -0.25) is 4.79 Å². The Bertz CT molecular complexity index is 786. The molecular formula is C18H16F5NO2. The number of amides is 1. The van der Waals surface area contributed by atoms with Gasteiger partial charge in [-0.15, -0.1) is 0 Å². The van der Waals surface area contributed by atoms with Crippen LogP contribution >= 0.6 is 0 Å². The van der Waals surface area contributed by atoms with Gasteiger partial charge in [-0.25, -0.2) is 13.2 Å². The first-order valence-corrected chi connectivity index (χ1v) is 7.60. The van der Waals surface area contributed by atoms with Gasteiger partial charge in [0, 0.05) is 5.57 Å². The second-order valence-electron chi connectivity index (χ2n) is 5.56. The number of carbonyl (C=O) groups is 1. The quantitative estimate of drug-likeness (QED) is 0.593. The Hall–Kier alpha value is -2.48. The van der Waals surface area contributed by atoms with E-state index in [4.69, 9.17) is 0 Å². The number of aliphatic hydroxyl groups is 1. The van der Waals surface area contributed by atoms with E-state index in [1.807, 2.05) is 0 Å². The smallest absolute Gasteiger partial charge is 0.352 e. The monoisotopic (exact) mass is 373 g/mol. The molecule has 1 N–H and O–H groups in total. The summed E-state index contributed by atoms with van der Waals surface area (Å²) < 4.78 is 68.5. The molecule has 8 heteroatoms. The Morgan fingerprint density at radius 3 is 2.58 bits per heavy atom. The first-order chi connectivity index (χ1) is 12.2. The lowest BCUT2D eigenvalue weighted by Gasteiger charge is -2.19. The third kappa shape index (κ3) is 3.29. The number of anilines is 1. The van der Waals surface area contributed by atoms with Crippen molar-refractivity contribution in [2.75, 3.05) is 11.4 Å². The molecule has 0 radical (unpaired) electrons. The number of carbonyl (C=O) groups excluding carboxylic acids is 1. The zero-order valence-corrected chi connectivity index (χ0v) is 13.7. The van der Waals surface area contributed by atoms with E-state index in [1.165, 1.54) is 18.2 Å². The maximum atomic E-state index is 14.5. The Kier molecular flexibility index (Phi) is 5.65. The van der Waals surface area contributed by atoms with Crippen molar-refractivity contribution in [1.29, 1.82) is 0 Å². The highest BCUT2D eigenvalue weighted by Gasteiger charge is 2.55. The predicted octanol–water partition coefficient (Wildman–Crippen LogP) is 4.41. The zero-order chi connectivity index (χ0) is 19.6. The van der Waals surface area contributed by atoms with Crippen LogP contribution in [0.15, 0.2) is 54.4 Å². The van der Waals surface area contributed by atoms with Crippen molar-refractivity contribution in [3.05, 3.63) is 65.5 Å². The molecule has 1 heterocycles. The van der Waals surface area contributed by atoms with Crippen molar-refractivity contribution < 1.29 is 31.9 Å². The molecule has 140 valence electrons. The first kappa shape index (κ1) is 19.8. The Morgan fingerprint density at radius 2 is 2.04 bits per heavy atom. The molecule has 26 heavy (non-hydrogen) atoms. The largest absolute Gasteiger partial charge is 0.382 e. The van der Waals surface area contributed by atoms with Crippen molar-refractivity contribution in [3.63, 3.8) is 0 Å². The maximum Gasteiger partial charge on any atom is 0.352 e. The van der Waals surface area contributed by atoms with E-state index in [0.717, 1.165) is 18.2 Å². The first-order valence-electron chi connectivity index (χ1n) is 7.60. The number of fused-ring (bicyclic) bond motifs is 1. The van der Waals surface area contributed by atoms with Crippen molar-refractivity contribution in [3.8, 4) is 0 Å². The molecule has 0 aliphatic carbocycles. The van der Waals surface area contributed by atoms with E-state index in [2.05, 4.69) is 6.58 Å². The molecular weight excluding hydrogens is 357 g/mol. The highest BCUT2D eigenvalue weighted by Crippen LogP contribution is 2.48. The van der Waals surface area contributed by atoms with Crippen molar-refractivity contribution in [2.24, 2.45) is 0 Å². The number of rotatable bonds is 6. The number of hydrogen-bond acceptors (Lipinski definition) is 2. The molecule has 1 aliphatic rings. The average Bonchev–Trinajstić information content (AvgIpc) is 2.80. The fraction of sp³-hybridized carbons (Fsp3) is 0.278. The summed E-state index contributed by atoms with van der Waals surface area (Å²) in [6, 6.07) is 3.21. The van der Waals surface area contributed by atoms with Gasteiger partial charge < -0.3 is 10.0 Å². The number of nitrogens with zero attached hydrogens (tertiary/aromatic N) is 1. The van der Waals surface area contributed by atoms with Crippen LogP contribution in [-0.2, 0) is 10.7 Å². The molecule has 0 saturated carbocycles. The Labute approximate surface area is 146 Å². The fourth-order valence-corrected chi connectivity index (χ4v) is 2.76. The molecule has 0 fully saturated rings. The molecule has 1 aromatic rings. The van der Waals surface area contributed by atoms with Crippen LogP contribution in [0.4, 0.5) is 27.6 Å². The van der Waals surface area contributed by atoms with Crippen LogP contribution in [0.1, 0.15) is 24.2 Å². The molecule has 1 aliphatic heterocycles. The number of halogens is 5. The van der Waals surface area contributed by atoms with Crippen LogP contribution in [0.25, 0.3) is 0 Å². The summed E-state index contributed by atoms with van der Waals surface area (Å²) in [4.78, 5) is 12.8. The summed E-state index contributed by atoms with van der Waals surface area (Å²) >= 11 is 0. The summed E-state index contributed by atoms with van der Waals surface area (Å²) in [6.07, 6.45) is -2.17. The fourth-order valence-electron chi connectivity index (χ4n) is 2.76. The van der Waals surface area contributed by atoms with E-state index in [1.54, 1.807) is 6.92 Å². The molecule has 2 rings (SSSR count). The van der Waals surface area contributed by atoms with Gasteiger partial charge in [-0.05, 0) is 24.6 Å². The molecule has 0 saturated heterocycles. The molecule has 0 spiro atoms. The van der Waals surface area contributed by atoms with Gasteiger partial charge in [0.1, 0.15) is 11.9 Å². The lowest BCUT2D eigenvalue weighted by Crippen LogP contribution is -2.36. The third-order valence-corrected chi connectivity index (χ3v) is 3.93. The summed E-state index contributed by atoms with van der Waals surface area (Å²) in [6.45, 7) is 4.28. The van der Waals surface area contributed by atoms with E-state index < -0.39 is 47.9 Å². The van der Waals surface area contributed by atoms with Gasteiger partial charge in [0.2, 0.25) is 0 Å². The summed E-state index contributed by atoms with van der Waals surface area (Å²) in [5.41, 5.74) is -2.16. The van der Waals surface area contributed by atoms with Gasteiger partial charge in [-0.2, -0.15) is 8.78 Å². The molecule has 0 aromatic heterocycles. The highest BCUT2D eigenvalue weighted by molar-refractivity contribution is 6.06. The van der Waals surface area contributed by atoms with E-state index in [-0.39, 0.29) is 11.3 Å². The van der Waals surface area contributed by atoms with Gasteiger partial charge in [0.15, 0.2) is 0 Å². The second kappa shape index (κ2) is 7.41. The molecule has 0 bridgehead atoms. The lowest BCUT2D eigenvalue weighted by atomic mass is 9.98. The van der Waals surface area contributed by atoms with Crippen molar-refractivity contribution >= 4 is 11.6 Å². The van der Waals surface area contributed by atoms with E-state index in [0.29, 0.717) is 4.90 Å². The van der Waals surface area contributed by atoms with Crippen LogP contribution in [0.5, 0.6) is 0 Å². The van der Waals surface area contributed by atoms with Crippen LogP contribution in [0.2, 0.25) is 0 Å². The van der Waals surface area contributed by atoms with E-state index in [9.17, 15) is 31.9 Å². The second-order valence-corrected chi connectivity index (χ2v) is 5.56. The van der Waals surface area contributed by atoms with Gasteiger partial charge in [0.25, 0.3) is 6.43 Å². The maximum absolute atomic E-state index is 14.5. The van der Waals surface area contributed by atoms with Crippen LogP contribution in [0.3, 0.4) is 0 Å². The number of aliphatic hydroxyl groups excluding tert-OH is 1. The SMILES string of the molecule is C=C/C(F)=C(\C=C/C)CN1C(=O)C(F)(F)c2c([C@@H](O)C(F)F)cccc21. The lowest BCUT2D eigenvalue weighted by molar-refractivity contribution is -0.141. The van der Waals surface area contributed by atoms with Gasteiger partial charge >= 0.3 is 11.8 Å². The van der Waals surface area contributed by atoms with Gasteiger partial charge in [0.05, 0.1) is 17.8 Å². The molecule has 1 aromatic carbocycles. The standard InChI is InChI=1S/C18H16F5NO2/c1-3-6-10(12(19)4-2)9-24-13-8-5-7-11(15(25)16(20)21)14(13)18(22,23)17(24)26/h3-8,15-16,25H,2,9H2,1H3/b6-3-,12-10-/t15-/m1/s1. The topological polar surface area (TPSA) is 40.5 Å². The van der Waals surface area contributed by atoms with Crippen LogP contribution in [-0.4, -0.2) is 24.0 Å². The number of allylic oxidation sites excluding steroid dienone is 3. The summed E-state index contributed by atoms with van der Waals surface area (Å²) in [7, 11) is 0. The molecule has 1 amide bonds. The predicted molar refractivity (Wildman–Crippen MR) is 86.8 cm³/mol. The average molecular weight is 373 g/mol. The Balaban J connectivity index is 2.60.